The summed E-state index contributed by atoms with van der Waals surface area (Å²) in [5, 5.41) is 0. The molecule has 0 aliphatic carbocycles. The second kappa shape index (κ2) is 4.22. The number of fused-ring (bicyclic) bond motifs is 1. The molecule has 1 aromatic heterocycles. The second-order valence-corrected chi connectivity index (χ2v) is 4.22. The number of anilines is 1. The Bertz CT molecular complexity index is 826. The minimum atomic E-state index is -0.906. The van der Waals surface area contributed by atoms with Crippen LogP contribution in [0, 0.1) is 23.3 Å². The third-order valence-corrected chi connectivity index (χ3v) is 2.85. The standard InChI is InChI=1S/C13H7F4N3/c14-5-1-9(17)12-11(2-5)19-13(20-12)6-3-10(18)8(16)4-7(6)15/h1-4H,18H2,(H,19,20). The summed E-state index contributed by atoms with van der Waals surface area (Å²) < 4.78 is 53.4. The van der Waals surface area contributed by atoms with Gasteiger partial charge in [-0.15, -0.1) is 0 Å². The van der Waals surface area contributed by atoms with Gasteiger partial charge in [-0.25, -0.2) is 22.5 Å². The largest absolute Gasteiger partial charge is 0.396 e. The van der Waals surface area contributed by atoms with Gasteiger partial charge in [0.05, 0.1) is 16.8 Å². The Hall–Kier alpha value is -2.57. The average molecular weight is 281 g/mol. The van der Waals surface area contributed by atoms with E-state index in [0.29, 0.717) is 12.1 Å². The summed E-state index contributed by atoms with van der Waals surface area (Å²) in [5.41, 5.74) is 4.90. The van der Waals surface area contributed by atoms with E-state index < -0.39 is 23.3 Å². The van der Waals surface area contributed by atoms with E-state index >= 15 is 0 Å². The first-order valence-corrected chi connectivity index (χ1v) is 5.55. The fourth-order valence-corrected chi connectivity index (χ4v) is 1.92. The molecule has 0 fully saturated rings. The smallest absolute Gasteiger partial charge is 0.153 e. The van der Waals surface area contributed by atoms with Crippen LogP contribution in [0.25, 0.3) is 22.4 Å². The van der Waals surface area contributed by atoms with Crippen LogP contribution in [0.1, 0.15) is 0 Å². The van der Waals surface area contributed by atoms with Crippen LogP contribution in [0.2, 0.25) is 0 Å². The van der Waals surface area contributed by atoms with Crippen LogP contribution in [-0.2, 0) is 0 Å². The highest BCUT2D eigenvalue weighted by molar-refractivity contribution is 5.80. The highest BCUT2D eigenvalue weighted by Gasteiger charge is 2.15. The molecule has 0 radical (unpaired) electrons. The number of halogens is 4. The Morgan fingerprint density at radius 1 is 0.900 bits per heavy atom. The van der Waals surface area contributed by atoms with Crippen molar-refractivity contribution in [2.75, 3.05) is 5.73 Å². The van der Waals surface area contributed by atoms with E-state index in [0.717, 1.165) is 12.1 Å². The van der Waals surface area contributed by atoms with Gasteiger partial charge < -0.3 is 10.7 Å². The summed E-state index contributed by atoms with van der Waals surface area (Å²) in [6.07, 6.45) is 0. The van der Waals surface area contributed by atoms with Crippen molar-refractivity contribution < 1.29 is 17.6 Å². The zero-order chi connectivity index (χ0) is 14.4. The Morgan fingerprint density at radius 2 is 1.65 bits per heavy atom. The number of nitrogens with one attached hydrogen (secondary N) is 1. The molecule has 2 aromatic carbocycles. The van der Waals surface area contributed by atoms with Gasteiger partial charge in [-0.05, 0) is 12.1 Å². The molecule has 102 valence electrons. The number of benzene rings is 2. The van der Waals surface area contributed by atoms with E-state index in [4.69, 9.17) is 5.73 Å². The SMILES string of the molecule is Nc1cc(-c2nc3c(F)cc(F)cc3[nH]2)c(F)cc1F. The molecule has 1 heterocycles. The van der Waals surface area contributed by atoms with Crippen molar-refractivity contribution in [1.82, 2.24) is 9.97 Å². The predicted octanol–water partition coefficient (Wildman–Crippen LogP) is 3.37. The van der Waals surface area contributed by atoms with Crippen LogP contribution in [0.3, 0.4) is 0 Å². The number of hydrogen-bond donors (Lipinski definition) is 2. The highest BCUT2D eigenvalue weighted by atomic mass is 19.1. The van der Waals surface area contributed by atoms with Crippen molar-refractivity contribution in [2.45, 2.75) is 0 Å². The number of nitrogens with two attached hydrogens (primary N) is 1. The normalized spacial score (nSPS) is 11.2. The van der Waals surface area contributed by atoms with Crippen LogP contribution in [0.4, 0.5) is 23.2 Å². The van der Waals surface area contributed by atoms with E-state index in [1.807, 2.05) is 0 Å². The van der Waals surface area contributed by atoms with Crippen LogP contribution < -0.4 is 5.73 Å². The molecule has 0 aliphatic heterocycles. The van der Waals surface area contributed by atoms with Crippen molar-refractivity contribution in [3.05, 3.63) is 47.5 Å². The minimum Gasteiger partial charge on any atom is -0.396 e. The molecule has 7 heteroatoms. The van der Waals surface area contributed by atoms with Crippen molar-refractivity contribution in [3.8, 4) is 11.4 Å². The lowest BCUT2D eigenvalue weighted by molar-refractivity contribution is 0.587. The third kappa shape index (κ3) is 1.87. The van der Waals surface area contributed by atoms with Gasteiger partial charge >= 0.3 is 0 Å². The highest BCUT2D eigenvalue weighted by Crippen LogP contribution is 2.27. The molecule has 3 N–H and O–H groups in total. The zero-order valence-electron chi connectivity index (χ0n) is 9.85. The molecule has 0 aliphatic rings. The Labute approximate surface area is 110 Å². The number of imidazole rings is 1. The summed E-state index contributed by atoms with van der Waals surface area (Å²) >= 11 is 0. The van der Waals surface area contributed by atoms with Gasteiger partial charge in [0.15, 0.2) is 5.82 Å². The topological polar surface area (TPSA) is 54.7 Å². The van der Waals surface area contributed by atoms with E-state index in [1.165, 1.54) is 0 Å². The Balaban J connectivity index is 2.25. The summed E-state index contributed by atoms with van der Waals surface area (Å²) in [7, 11) is 0. The number of hydrogen-bond acceptors (Lipinski definition) is 2. The molecule has 0 amide bonds. The van der Waals surface area contributed by atoms with Gasteiger partial charge in [-0.2, -0.15) is 0 Å². The van der Waals surface area contributed by atoms with E-state index in [9.17, 15) is 17.6 Å². The number of nitrogen functional groups attached to an aromatic ring is 1. The molecule has 3 aromatic rings. The quantitative estimate of drug-likeness (QED) is 0.530. The maximum atomic E-state index is 13.7. The molecule has 0 unspecified atom stereocenters. The van der Waals surface area contributed by atoms with Gasteiger partial charge in [0.25, 0.3) is 0 Å². The van der Waals surface area contributed by atoms with Gasteiger partial charge in [-0.3, -0.25) is 0 Å². The molecule has 0 saturated heterocycles. The number of aromatic nitrogens is 2. The molecular weight excluding hydrogens is 274 g/mol. The minimum absolute atomic E-state index is 0.0614. The lowest BCUT2D eigenvalue weighted by Gasteiger charge is -2.02. The molecule has 0 spiro atoms. The molecular formula is C13H7F4N3. The maximum absolute atomic E-state index is 13.7. The Morgan fingerprint density at radius 3 is 2.40 bits per heavy atom. The third-order valence-electron chi connectivity index (χ3n) is 2.85. The van der Waals surface area contributed by atoms with Crippen LogP contribution >= 0.6 is 0 Å². The zero-order valence-corrected chi connectivity index (χ0v) is 9.85. The lowest BCUT2D eigenvalue weighted by Crippen LogP contribution is -1.95. The molecule has 3 rings (SSSR count). The first-order valence-electron chi connectivity index (χ1n) is 5.55. The van der Waals surface area contributed by atoms with Gasteiger partial charge in [0.1, 0.15) is 28.8 Å². The van der Waals surface area contributed by atoms with Gasteiger partial charge in [-0.1, -0.05) is 0 Å². The summed E-state index contributed by atoms with van der Waals surface area (Å²) in [6, 6.07) is 3.34. The molecule has 3 nitrogen and oxygen atoms in total. The summed E-state index contributed by atoms with van der Waals surface area (Å²) in [4.78, 5) is 6.41. The second-order valence-electron chi connectivity index (χ2n) is 4.22. The summed E-state index contributed by atoms with van der Waals surface area (Å²) in [5.74, 6) is -3.53. The predicted molar refractivity (Wildman–Crippen MR) is 65.8 cm³/mol. The number of aromatic amines is 1. The van der Waals surface area contributed by atoms with Crippen LogP contribution in [0.15, 0.2) is 24.3 Å². The van der Waals surface area contributed by atoms with Crippen molar-refractivity contribution >= 4 is 16.7 Å². The van der Waals surface area contributed by atoms with Crippen LogP contribution in [-0.4, -0.2) is 9.97 Å². The summed E-state index contributed by atoms with van der Waals surface area (Å²) in [6.45, 7) is 0. The van der Waals surface area contributed by atoms with E-state index in [2.05, 4.69) is 9.97 Å². The average Bonchev–Trinajstić information content (AvgIpc) is 2.77. The lowest BCUT2D eigenvalue weighted by atomic mass is 10.1. The number of rotatable bonds is 1. The molecule has 0 atom stereocenters. The molecule has 0 saturated carbocycles. The van der Waals surface area contributed by atoms with Crippen molar-refractivity contribution in [2.24, 2.45) is 0 Å². The first-order chi connectivity index (χ1) is 9.45. The molecule has 20 heavy (non-hydrogen) atoms. The van der Waals surface area contributed by atoms with E-state index in [1.54, 1.807) is 0 Å². The Kier molecular flexibility index (Phi) is 2.63. The number of nitrogens with zero attached hydrogens (tertiary/aromatic N) is 1. The van der Waals surface area contributed by atoms with Crippen molar-refractivity contribution in [3.63, 3.8) is 0 Å². The van der Waals surface area contributed by atoms with E-state index in [-0.39, 0.29) is 28.1 Å². The first kappa shape index (κ1) is 12.5. The number of H-pyrrole nitrogens is 1. The fourth-order valence-electron chi connectivity index (χ4n) is 1.92. The van der Waals surface area contributed by atoms with Gasteiger partial charge in [0, 0.05) is 12.1 Å². The van der Waals surface area contributed by atoms with Gasteiger partial charge in [0.2, 0.25) is 0 Å². The fraction of sp³-hybridized carbons (Fsp3) is 0. The van der Waals surface area contributed by atoms with Crippen molar-refractivity contribution in [1.29, 1.82) is 0 Å². The molecule has 0 bridgehead atoms. The van der Waals surface area contributed by atoms with Crippen LogP contribution in [0.5, 0.6) is 0 Å². The monoisotopic (exact) mass is 281 g/mol. The maximum Gasteiger partial charge on any atom is 0.153 e.